The van der Waals surface area contributed by atoms with E-state index in [1.807, 2.05) is 0 Å². The van der Waals surface area contributed by atoms with Crippen LogP contribution in [0.15, 0.2) is 46.9 Å². The highest BCUT2D eigenvalue weighted by molar-refractivity contribution is 9.11. The van der Waals surface area contributed by atoms with Gasteiger partial charge in [-0.15, -0.1) is 0 Å². The zero-order valence-corrected chi connectivity index (χ0v) is 13.1. The molecule has 0 aromatic heterocycles. The first-order valence-corrected chi connectivity index (χ1v) is 7.50. The predicted molar refractivity (Wildman–Crippen MR) is 80.7 cm³/mol. The first kappa shape index (κ1) is 13.8. The Hall–Kier alpha value is -0.670. The largest absolute Gasteiger partial charge is 0.207 e. The Kier molecular flexibility index (Phi) is 4.57. The van der Waals surface area contributed by atoms with Crippen molar-refractivity contribution in [1.29, 1.82) is 0 Å². The van der Waals surface area contributed by atoms with Gasteiger partial charge in [0.2, 0.25) is 0 Å². The molecule has 0 heterocycles. The molecule has 0 amide bonds. The molecule has 0 saturated carbocycles. The molecule has 3 heteroatoms. The summed E-state index contributed by atoms with van der Waals surface area (Å²) < 4.78 is 14.2. The van der Waals surface area contributed by atoms with E-state index >= 15 is 0 Å². The van der Waals surface area contributed by atoms with Crippen LogP contribution < -0.4 is 0 Å². The van der Waals surface area contributed by atoms with Gasteiger partial charge in [-0.25, -0.2) is 4.39 Å². The van der Waals surface area contributed by atoms with Crippen molar-refractivity contribution < 1.29 is 4.39 Å². The zero-order valence-electron chi connectivity index (χ0n) is 9.96. The topological polar surface area (TPSA) is 0 Å². The summed E-state index contributed by atoms with van der Waals surface area (Å²) in [5.74, 6) is -0.220. The third kappa shape index (κ3) is 3.01. The molecule has 0 N–H and O–H groups in total. The van der Waals surface area contributed by atoms with Gasteiger partial charge in [0.15, 0.2) is 0 Å². The van der Waals surface area contributed by atoms with E-state index in [9.17, 15) is 4.39 Å². The Morgan fingerprint density at radius 2 is 1.78 bits per heavy atom. The van der Waals surface area contributed by atoms with Crippen LogP contribution in [-0.4, -0.2) is 0 Å². The molecule has 0 saturated heterocycles. The molecule has 94 valence electrons. The molecular formula is C15H13Br2F. The second-order valence-corrected chi connectivity index (χ2v) is 5.89. The zero-order chi connectivity index (χ0) is 13.1. The highest BCUT2D eigenvalue weighted by atomic mass is 79.9. The normalized spacial score (nSPS) is 12.4. The number of hydrogen-bond acceptors (Lipinski definition) is 0. The molecule has 0 nitrogen and oxygen atoms in total. The number of hydrogen-bond donors (Lipinski definition) is 0. The first-order valence-electron chi connectivity index (χ1n) is 5.79. The van der Waals surface area contributed by atoms with E-state index in [-0.39, 0.29) is 10.6 Å². The molecule has 0 bridgehead atoms. The van der Waals surface area contributed by atoms with Gasteiger partial charge >= 0.3 is 0 Å². The van der Waals surface area contributed by atoms with E-state index < -0.39 is 0 Å². The Balaban J connectivity index is 2.34. The fourth-order valence-electron chi connectivity index (χ4n) is 1.81. The van der Waals surface area contributed by atoms with Gasteiger partial charge in [0.25, 0.3) is 0 Å². The number of halogens is 3. The van der Waals surface area contributed by atoms with Crippen LogP contribution in [0.5, 0.6) is 0 Å². The third-order valence-corrected chi connectivity index (χ3v) is 4.66. The predicted octanol–water partition coefficient (Wildman–Crippen LogP) is 5.63. The van der Waals surface area contributed by atoms with Gasteiger partial charge in [-0.05, 0) is 41.3 Å². The lowest BCUT2D eigenvalue weighted by atomic mass is 10.0. The molecule has 1 atom stereocenters. The Labute approximate surface area is 123 Å². The van der Waals surface area contributed by atoms with Crippen LogP contribution in [0.1, 0.15) is 28.4 Å². The van der Waals surface area contributed by atoms with Crippen LogP contribution in [0, 0.1) is 5.82 Å². The van der Waals surface area contributed by atoms with E-state index in [1.165, 1.54) is 11.6 Å². The summed E-state index contributed by atoms with van der Waals surface area (Å²) in [6, 6.07) is 13.1. The van der Waals surface area contributed by atoms with E-state index in [4.69, 9.17) is 0 Å². The van der Waals surface area contributed by atoms with Crippen LogP contribution >= 0.6 is 31.9 Å². The van der Waals surface area contributed by atoms with Crippen molar-refractivity contribution in [3.05, 3.63) is 69.4 Å². The van der Waals surface area contributed by atoms with Gasteiger partial charge in [0, 0.05) is 4.47 Å². The molecule has 18 heavy (non-hydrogen) atoms. The van der Waals surface area contributed by atoms with Crippen LogP contribution in [0.4, 0.5) is 4.39 Å². The van der Waals surface area contributed by atoms with E-state index in [1.54, 1.807) is 12.1 Å². The lowest BCUT2D eigenvalue weighted by molar-refractivity contribution is 0.625. The summed E-state index contributed by atoms with van der Waals surface area (Å²) in [5.41, 5.74) is 3.33. The standard InChI is InChI=1S/C15H13Br2F/c1-2-10-3-5-11(6-4-10)15(17)13-9-12(18)7-8-14(13)16/h3-9,15H,2H2,1H3. The average Bonchev–Trinajstić information content (AvgIpc) is 2.41. The lowest BCUT2D eigenvalue weighted by Gasteiger charge is -2.13. The average molecular weight is 372 g/mol. The van der Waals surface area contributed by atoms with Crippen LogP contribution in [0.25, 0.3) is 0 Å². The fourth-order valence-corrected chi connectivity index (χ4v) is 3.28. The van der Waals surface area contributed by atoms with Crippen molar-refractivity contribution in [3.63, 3.8) is 0 Å². The molecule has 0 aliphatic rings. The molecule has 0 aliphatic heterocycles. The minimum Gasteiger partial charge on any atom is -0.207 e. The van der Waals surface area contributed by atoms with Gasteiger partial charge in [-0.3, -0.25) is 0 Å². The summed E-state index contributed by atoms with van der Waals surface area (Å²) in [5, 5.41) is 0. The van der Waals surface area contributed by atoms with Crippen LogP contribution in [-0.2, 0) is 6.42 Å². The third-order valence-electron chi connectivity index (χ3n) is 2.91. The van der Waals surface area contributed by atoms with Crippen LogP contribution in [0.3, 0.4) is 0 Å². The van der Waals surface area contributed by atoms with Gasteiger partial charge in [-0.2, -0.15) is 0 Å². The molecule has 1 unspecified atom stereocenters. The maximum absolute atomic E-state index is 13.3. The minimum absolute atomic E-state index is 0.00604. The summed E-state index contributed by atoms with van der Waals surface area (Å²) >= 11 is 7.09. The maximum atomic E-state index is 13.3. The first-order chi connectivity index (χ1) is 8.61. The molecule has 2 rings (SSSR count). The monoisotopic (exact) mass is 370 g/mol. The number of alkyl halides is 1. The number of benzene rings is 2. The fraction of sp³-hybridized carbons (Fsp3) is 0.200. The van der Waals surface area contributed by atoms with Crippen molar-refractivity contribution in [2.24, 2.45) is 0 Å². The molecule has 0 spiro atoms. The lowest BCUT2D eigenvalue weighted by Crippen LogP contribution is -1.95. The molecule has 2 aromatic rings. The van der Waals surface area contributed by atoms with Gasteiger partial charge in [0.05, 0.1) is 4.83 Å². The maximum Gasteiger partial charge on any atom is 0.123 e. The van der Waals surface area contributed by atoms with Crippen molar-refractivity contribution in [2.45, 2.75) is 18.2 Å². The minimum atomic E-state index is -0.220. The second kappa shape index (κ2) is 5.98. The Morgan fingerprint density at radius 3 is 2.39 bits per heavy atom. The number of rotatable bonds is 3. The van der Waals surface area contributed by atoms with Gasteiger partial charge < -0.3 is 0 Å². The molecular weight excluding hydrogens is 359 g/mol. The molecule has 2 aromatic carbocycles. The van der Waals surface area contributed by atoms with Gasteiger partial charge in [-0.1, -0.05) is 63.0 Å². The SMILES string of the molecule is CCc1ccc(C(Br)c2cc(F)ccc2Br)cc1. The van der Waals surface area contributed by atoms with E-state index in [0.29, 0.717) is 0 Å². The summed E-state index contributed by atoms with van der Waals surface area (Å²) in [7, 11) is 0. The van der Waals surface area contributed by atoms with E-state index in [0.717, 1.165) is 22.0 Å². The highest BCUT2D eigenvalue weighted by Crippen LogP contribution is 2.35. The summed E-state index contributed by atoms with van der Waals surface area (Å²) in [6.07, 6.45) is 1.02. The van der Waals surface area contributed by atoms with Crippen molar-refractivity contribution in [1.82, 2.24) is 0 Å². The summed E-state index contributed by atoms with van der Waals surface area (Å²) in [4.78, 5) is -0.00604. The smallest absolute Gasteiger partial charge is 0.123 e. The quantitative estimate of drug-likeness (QED) is 0.613. The second-order valence-electron chi connectivity index (χ2n) is 4.12. The van der Waals surface area contributed by atoms with Crippen molar-refractivity contribution in [3.8, 4) is 0 Å². The van der Waals surface area contributed by atoms with Crippen LogP contribution in [0.2, 0.25) is 0 Å². The Bertz CT molecular complexity index is 535. The highest BCUT2D eigenvalue weighted by Gasteiger charge is 2.14. The molecule has 0 fully saturated rings. The Morgan fingerprint density at radius 1 is 1.11 bits per heavy atom. The van der Waals surface area contributed by atoms with Crippen molar-refractivity contribution in [2.75, 3.05) is 0 Å². The summed E-state index contributed by atoms with van der Waals surface area (Å²) in [6.45, 7) is 2.13. The molecule has 0 radical (unpaired) electrons. The van der Waals surface area contributed by atoms with Gasteiger partial charge in [0.1, 0.15) is 5.82 Å². The van der Waals surface area contributed by atoms with Crippen molar-refractivity contribution >= 4 is 31.9 Å². The number of aryl methyl sites for hydroxylation is 1. The molecule has 0 aliphatic carbocycles. The van der Waals surface area contributed by atoms with E-state index in [2.05, 4.69) is 63.0 Å².